The van der Waals surface area contributed by atoms with Crippen molar-refractivity contribution < 1.29 is 17.9 Å². The fourth-order valence-electron chi connectivity index (χ4n) is 2.06. The maximum Gasteiger partial charge on any atom is 0.310 e. The minimum atomic E-state index is -3.52. The van der Waals surface area contributed by atoms with E-state index in [9.17, 15) is 13.2 Å². The van der Waals surface area contributed by atoms with E-state index in [4.69, 9.17) is 4.74 Å². The molecule has 128 valence electrons. The minimum Gasteiger partial charge on any atom is -0.465 e. The molecule has 0 atom stereocenters. The summed E-state index contributed by atoms with van der Waals surface area (Å²) in [6.45, 7) is 7.83. The van der Waals surface area contributed by atoms with E-state index in [1.807, 2.05) is 0 Å². The quantitative estimate of drug-likeness (QED) is 0.564. The number of benzene rings is 1. The van der Waals surface area contributed by atoms with E-state index in [1.165, 1.54) is 17.8 Å². The zero-order valence-corrected chi connectivity index (χ0v) is 14.7. The second-order valence-corrected chi connectivity index (χ2v) is 7.70. The van der Waals surface area contributed by atoms with Crippen molar-refractivity contribution in [3.05, 3.63) is 53.3 Å². The van der Waals surface area contributed by atoms with Crippen molar-refractivity contribution in [2.24, 2.45) is 4.99 Å². The predicted molar refractivity (Wildman–Crippen MR) is 95.3 cm³/mol. The Bertz CT molecular complexity index is 785. The van der Waals surface area contributed by atoms with Gasteiger partial charge < -0.3 is 4.74 Å². The molecule has 6 nitrogen and oxygen atoms in total. The molecule has 2 rings (SSSR count). The molecule has 1 aliphatic heterocycles. The second kappa shape index (κ2) is 8.16. The van der Waals surface area contributed by atoms with Gasteiger partial charge in [-0.1, -0.05) is 25.3 Å². The Morgan fingerprint density at radius 2 is 2.12 bits per heavy atom. The van der Waals surface area contributed by atoms with Crippen LogP contribution in [0.25, 0.3) is 0 Å². The van der Waals surface area contributed by atoms with Crippen LogP contribution in [0.4, 0.5) is 0 Å². The summed E-state index contributed by atoms with van der Waals surface area (Å²) in [7, 11) is -3.52. The van der Waals surface area contributed by atoms with Crippen molar-refractivity contribution >= 4 is 33.6 Å². The number of amidine groups is 1. The van der Waals surface area contributed by atoms with Gasteiger partial charge in [0.25, 0.3) is 10.0 Å². The predicted octanol–water partition coefficient (Wildman–Crippen LogP) is 2.44. The van der Waals surface area contributed by atoms with Crippen LogP contribution >= 0.6 is 11.8 Å². The van der Waals surface area contributed by atoms with Crippen LogP contribution in [-0.4, -0.2) is 33.4 Å². The molecule has 0 bridgehead atoms. The molecule has 0 aliphatic carbocycles. The van der Waals surface area contributed by atoms with Gasteiger partial charge >= 0.3 is 5.97 Å². The highest BCUT2D eigenvalue weighted by Crippen LogP contribution is 2.22. The van der Waals surface area contributed by atoms with Gasteiger partial charge in [0.15, 0.2) is 0 Å². The topological polar surface area (TPSA) is 84.8 Å². The van der Waals surface area contributed by atoms with Crippen LogP contribution in [0.1, 0.15) is 18.4 Å². The number of hydrogen-bond acceptors (Lipinski definition) is 6. The Balaban J connectivity index is 1.81. The maximum atomic E-state index is 11.9. The Morgan fingerprint density at radius 3 is 2.88 bits per heavy atom. The molecule has 0 spiro atoms. The summed E-state index contributed by atoms with van der Waals surface area (Å²) in [4.78, 5) is 16.7. The number of fused-ring (bicyclic) bond motifs is 1. The number of carbonyl (C=O) groups excluding carboxylic acids is 1. The number of carbonyl (C=O) groups is 1. The third kappa shape index (κ3) is 4.72. The molecule has 0 fully saturated rings. The molecule has 1 aliphatic rings. The lowest BCUT2D eigenvalue weighted by Gasteiger charge is -2.04. The van der Waals surface area contributed by atoms with Gasteiger partial charge in [0.05, 0.1) is 17.9 Å². The van der Waals surface area contributed by atoms with Crippen LogP contribution in [0.15, 0.2) is 57.6 Å². The maximum absolute atomic E-state index is 11.9. The summed E-state index contributed by atoms with van der Waals surface area (Å²) in [6.07, 6.45) is 0.637. The average molecular weight is 366 g/mol. The van der Waals surface area contributed by atoms with Gasteiger partial charge in [0, 0.05) is 18.5 Å². The monoisotopic (exact) mass is 366 g/mol. The number of sulfonamides is 1. The lowest BCUT2D eigenvalue weighted by Crippen LogP contribution is -2.22. The number of thioether (sulfide) groups is 1. The molecular formula is C16H18N2O4S2. The number of aliphatic imine (C=N–C) groups is 1. The molecule has 1 aromatic rings. The van der Waals surface area contributed by atoms with Crippen molar-refractivity contribution in [2.45, 2.75) is 17.7 Å². The van der Waals surface area contributed by atoms with Crippen molar-refractivity contribution in [2.75, 3.05) is 13.2 Å². The Kier molecular flexibility index (Phi) is 6.22. The summed E-state index contributed by atoms with van der Waals surface area (Å²) < 4.78 is 31.3. The highest BCUT2D eigenvalue weighted by molar-refractivity contribution is 8.05. The van der Waals surface area contributed by atoms with Gasteiger partial charge in [-0.2, -0.15) is 0 Å². The van der Waals surface area contributed by atoms with Gasteiger partial charge in [0.2, 0.25) is 0 Å². The molecule has 1 N–H and O–H groups in total. The number of hydrogen-bond donors (Lipinski definition) is 1. The van der Waals surface area contributed by atoms with Gasteiger partial charge in [-0.25, -0.2) is 8.42 Å². The first-order chi connectivity index (χ1) is 11.4. The molecule has 1 heterocycles. The van der Waals surface area contributed by atoms with E-state index in [2.05, 4.69) is 22.9 Å². The second-order valence-electron chi connectivity index (χ2n) is 4.91. The van der Waals surface area contributed by atoms with Crippen LogP contribution in [-0.2, 0) is 19.6 Å². The molecule has 1 aromatic carbocycles. The number of rotatable bonds is 8. The third-order valence-corrected chi connectivity index (χ3v) is 5.13. The van der Waals surface area contributed by atoms with E-state index < -0.39 is 10.0 Å². The zero-order valence-electron chi connectivity index (χ0n) is 13.0. The lowest BCUT2D eigenvalue weighted by atomic mass is 10.2. The van der Waals surface area contributed by atoms with E-state index in [0.29, 0.717) is 29.3 Å². The molecule has 24 heavy (non-hydrogen) atoms. The molecule has 0 saturated carbocycles. The summed E-state index contributed by atoms with van der Waals surface area (Å²) in [5.41, 5.74) is 0.562. The molecule has 0 unspecified atom stereocenters. The van der Waals surface area contributed by atoms with E-state index in [0.717, 1.165) is 0 Å². The van der Waals surface area contributed by atoms with Crippen LogP contribution in [0, 0.1) is 0 Å². The van der Waals surface area contributed by atoms with Crippen molar-refractivity contribution in [1.82, 2.24) is 4.72 Å². The molecular weight excluding hydrogens is 348 g/mol. The molecule has 8 heteroatoms. The lowest BCUT2D eigenvalue weighted by molar-refractivity contribution is -0.142. The highest BCUT2D eigenvalue weighted by atomic mass is 32.2. The number of ether oxygens (including phenoxy) is 1. The standard InChI is InChI=1S/C16H18N2O4S2/c1-3-23-12(2)11-15(19)22-10-6-9-17-16-13-7-4-5-8-14(13)24(20,21)18-16/h3-5,7-8H,1-2,6,9-11H2,(H,17,18). The van der Waals surface area contributed by atoms with Gasteiger partial charge in [-0.15, -0.1) is 11.8 Å². The van der Waals surface area contributed by atoms with E-state index in [-0.39, 0.29) is 23.9 Å². The van der Waals surface area contributed by atoms with Crippen LogP contribution in [0.5, 0.6) is 0 Å². The normalized spacial score (nSPS) is 16.2. The van der Waals surface area contributed by atoms with Crippen molar-refractivity contribution in [1.29, 1.82) is 0 Å². The third-order valence-electron chi connectivity index (χ3n) is 3.09. The molecule has 0 aromatic heterocycles. The first kappa shape index (κ1) is 18.3. The number of nitrogens with one attached hydrogen (secondary N) is 1. The van der Waals surface area contributed by atoms with E-state index in [1.54, 1.807) is 23.6 Å². The smallest absolute Gasteiger partial charge is 0.310 e. The first-order valence-electron chi connectivity index (χ1n) is 7.21. The van der Waals surface area contributed by atoms with Crippen LogP contribution in [0.3, 0.4) is 0 Å². The summed E-state index contributed by atoms with van der Waals surface area (Å²) in [6, 6.07) is 6.66. The first-order valence-corrected chi connectivity index (χ1v) is 9.58. The zero-order chi connectivity index (χ0) is 17.6. The van der Waals surface area contributed by atoms with Gasteiger partial charge in [-0.05, 0) is 22.4 Å². The minimum absolute atomic E-state index is 0.137. The largest absolute Gasteiger partial charge is 0.465 e. The van der Waals surface area contributed by atoms with Crippen molar-refractivity contribution in [3.63, 3.8) is 0 Å². The Labute approximate surface area is 145 Å². The van der Waals surface area contributed by atoms with E-state index >= 15 is 0 Å². The molecule has 0 amide bonds. The fraction of sp³-hybridized carbons (Fsp3) is 0.250. The van der Waals surface area contributed by atoms with Crippen molar-refractivity contribution in [3.8, 4) is 0 Å². The summed E-state index contributed by atoms with van der Waals surface area (Å²) in [5.74, 6) is -0.0263. The Morgan fingerprint density at radius 1 is 1.38 bits per heavy atom. The number of esters is 1. The molecule has 0 radical (unpaired) electrons. The van der Waals surface area contributed by atoms with Crippen LogP contribution < -0.4 is 4.72 Å². The Hall–Kier alpha value is -2.06. The molecule has 0 saturated heterocycles. The fourth-order valence-corrected chi connectivity index (χ4v) is 3.75. The SMILES string of the molecule is C=CSC(=C)CC(=O)OCCCN=C1NS(=O)(=O)c2ccccc21. The summed E-state index contributed by atoms with van der Waals surface area (Å²) >= 11 is 1.29. The van der Waals surface area contributed by atoms with Crippen LogP contribution in [0.2, 0.25) is 0 Å². The average Bonchev–Trinajstić information content (AvgIpc) is 2.79. The highest BCUT2D eigenvalue weighted by Gasteiger charge is 2.29. The number of nitrogens with zero attached hydrogens (tertiary/aromatic N) is 1. The van der Waals surface area contributed by atoms with Gasteiger partial charge in [0.1, 0.15) is 5.84 Å². The van der Waals surface area contributed by atoms with Gasteiger partial charge in [-0.3, -0.25) is 14.5 Å². The summed E-state index contributed by atoms with van der Waals surface area (Å²) in [5, 5.41) is 1.60.